The van der Waals surface area contributed by atoms with E-state index in [9.17, 15) is 18.4 Å². The Labute approximate surface area is 132 Å². The van der Waals surface area contributed by atoms with Gasteiger partial charge in [0.05, 0.1) is 12.0 Å². The van der Waals surface area contributed by atoms with Gasteiger partial charge in [-0.2, -0.15) is 0 Å². The van der Waals surface area contributed by atoms with Gasteiger partial charge >= 0.3 is 6.03 Å². The van der Waals surface area contributed by atoms with Crippen molar-refractivity contribution >= 4 is 11.9 Å². The number of rotatable bonds is 5. The first kappa shape index (κ1) is 17.0. The number of urea groups is 1. The van der Waals surface area contributed by atoms with Crippen LogP contribution in [-0.2, 0) is 4.79 Å². The summed E-state index contributed by atoms with van der Waals surface area (Å²) in [7, 11) is 0. The third kappa shape index (κ3) is 4.54. The number of primary amides is 1. The molecule has 0 radical (unpaired) electrons. The zero-order chi connectivity index (χ0) is 17.0. The van der Waals surface area contributed by atoms with E-state index in [0.717, 1.165) is 12.1 Å². The number of hydrogen-bond acceptors (Lipinski definition) is 3. The van der Waals surface area contributed by atoms with Crippen LogP contribution in [0.2, 0.25) is 0 Å². The summed E-state index contributed by atoms with van der Waals surface area (Å²) in [4.78, 5) is 24.6. The highest BCUT2D eigenvalue weighted by Crippen LogP contribution is 2.18. The highest BCUT2D eigenvalue weighted by Gasteiger charge is 2.30. The molecule has 1 aliphatic heterocycles. The van der Waals surface area contributed by atoms with Crippen LogP contribution < -0.4 is 15.8 Å². The van der Waals surface area contributed by atoms with Gasteiger partial charge in [0, 0.05) is 19.2 Å². The van der Waals surface area contributed by atoms with E-state index < -0.39 is 17.5 Å². The summed E-state index contributed by atoms with van der Waals surface area (Å²) < 4.78 is 31.4. The zero-order valence-electron chi connectivity index (χ0n) is 12.7. The molecule has 2 rings (SSSR count). The number of amides is 3. The molecule has 0 saturated carbocycles. The third-order valence-corrected chi connectivity index (χ3v) is 3.63. The second-order valence-corrected chi connectivity index (χ2v) is 5.57. The lowest BCUT2D eigenvalue weighted by Crippen LogP contribution is -2.45. The number of nitrogens with two attached hydrogens (primary N) is 1. The van der Waals surface area contributed by atoms with Crippen molar-refractivity contribution in [2.75, 3.05) is 19.7 Å². The Morgan fingerprint density at radius 3 is 2.83 bits per heavy atom. The summed E-state index contributed by atoms with van der Waals surface area (Å²) in [6.45, 7) is 2.48. The Balaban J connectivity index is 1.79. The van der Waals surface area contributed by atoms with Crippen molar-refractivity contribution in [3.63, 3.8) is 0 Å². The second-order valence-electron chi connectivity index (χ2n) is 5.57. The molecule has 0 aliphatic carbocycles. The van der Waals surface area contributed by atoms with Crippen molar-refractivity contribution in [3.8, 4) is 5.75 Å². The van der Waals surface area contributed by atoms with Crippen LogP contribution in [0, 0.1) is 17.6 Å². The van der Waals surface area contributed by atoms with E-state index in [1.165, 1.54) is 11.0 Å². The normalized spacial score (nSPS) is 18.6. The molecular formula is C15H19F2N3O3. The fourth-order valence-electron chi connectivity index (χ4n) is 2.33. The van der Waals surface area contributed by atoms with Gasteiger partial charge in [-0.25, -0.2) is 13.6 Å². The highest BCUT2D eigenvalue weighted by atomic mass is 19.1. The van der Waals surface area contributed by atoms with Crippen molar-refractivity contribution < 1.29 is 23.1 Å². The van der Waals surface area contributed by atoms with Crippen molar-refractivity contribution in [2.45, 2.75) is 19.4 Å². The fraction of sp³-hybridized carbons (Fsp3) is 0.467. The molecule has 1 saturated heterocycles. The first-order valence-corrected chi connectivity index (χ1v) is 7.29. The first-order chi connectivity index (χ1) is 10.9. The molecule has 0 unspecified atom stereocenters. The smallest absolute Gasteiger partial charge is 0.317 e. The largest absolute Gasteiger partial charge is 0.488 e. The topological polar surface area (TPSA) is 84.7 Å². The van der Waals surface area contributed by atoms with Gasteiger partial charge in [0.2, 0.25) is 5.91 Å². The fourth-order valence-corrected chi connectivity index (χ4v) is 2.33. The molecule has 3 N–H and O–H groups in total. The standard InChI is InChI=1S/C15H19F2N3O3/c1-9(8-23-13-3-2-11(16)6-12(13)17)19-15(22)20-5-4-10(7-20)14(18)21/h2-3,6,9-10H,4-5,7-8H2,1H3,(H2,18,21)(H,19,22)/t9-,10+/m0/s1. The van der Waals surface area contributed by atoms with E-state index in [-0.39, 0.29) is 30.3 Å². The average Bonchev–Trinajstić information content (AvgIpc) is 2.96. The van der Waals surface area contributed by atoms with E-state index in [0.29, 0.717) is 19.5 Å². The molecular weight excluding hydrogens is 308 g/mol. The molecule has 1 heterocycles. The number of halogens is 2. The van der Waals surface area contributed by atoms with Gasteiger partial charge in [-0.3, -0.25) is 4.79 Å². The van der Waals surface area contributed by atoms with Crippen LogP contribution in [0.5, 0.6) is 5.75 Å². The summed E-state index contributed by atoms with van der Waals surface area (Å²) in [6.07, 6.45) is 0.550. The van der Waals surface area contributed by atoms with Gasteiger partial charge in [0.1, 0.15) is 12.4 Å². The number of nitrogens with zero attached hydrogens (tertiary/aromatic N) is 1. The molecule has 23 heavy (non-hydrogen) atoms. The average molecular weight is 327 g/mol. The van der Waals surface area contributed by atoms with Gasteiger partial charge in [0.15, 0.2) is 11.6 Å². The Hall–Kier alpha value is -2.38. The van der Waals surface area contributed by atoms with E-state index >= 15 is 0 Å². The van der Waals surface area contributed by atoms with Crippen LogP contribution in [0.4, 0.5) is 13.6 Å². The SMILES string of the molecule is C[C@@H](COc1ccc(F)cc1F)NC(=O)N1CC[C@@H](C(N)=O)C1. The van der Waals surface area contributed by atoms with Crippen LogP contribution in [0.15, 0.2) is 18.2 Å². The van der Waals surface area contributed by atoms with E-state index in [1.54, 1.807) is 6.92 Å². The summed E-state index contributed by atoms with van der Waals surface area (Å²) in [5, 5.41) is 2.70. The maximum atomic E-state index is 13.4. The maximum absolute atomic E-state index is 13.4. The van der Waals surface area contributed by atoms with Gasteiger partial charge in [-0.1, -0.05) is 0 Å². The van der Waals surface area contributed by atoms with Crippen LogP contribution in [0.1, 0.15) is 13.3 Å². The molecule has 0 spiro atoms. The van der Waals surface area contributed by atoms with E-state index in [1.807, 2.05) is 0 Å². The molecule has 0 bridgehead atoms. The summed E-state index contributed by atoms with van der Waals surface area (Å²) in [6, 6.07) is 2.30. The Morgan fingerprint density at radius 1 is 1.48 bits per heavy atom. The number of benzene rings is 1. The number of hydrogen-bond donors (Lipinski definition) is 2. The van der Waals surface area contributed by atoms with Crippen LogP contribution in [0.3, 0.4) is 0 Å². The van der Waals surface area contributed by atoms with Crippen molar-refractivity contribution in [2.24, 2.45) is 11.7 Å². The minimum Gasteiger partial charge on any atom is -0.488 e. The quantitative estimate of drug-likeness (QED) is 0.853. The van der Waals surface area contributed by atoms with Crippen molar-refractivity contribution in [3.05, 3.63) is 29.8 Å². The lowest BCUT2D eigenvalue weighted by molar-refractivity contribution is -0.121. The van der Waals surface area contributed by atoms with Gasteiger partial charge in [0.25, 0.3) is 0 Å². The third-order valence-electron chi connectivity index (χ3n) is 3.63. The van der Waals surface area contributed by atoms with E-state index in [4.69, 9.17) is 10.5 Å². The van der Waals surface area contributed by atoms with Crippen LogP contribution >= 0.6 is 0 Å². The number of nitrogens with one attached hydrogen (secondary N) is 1. The molecule has 126 valence electrons. The summed E-state index contributed by atoms with van der Waals surface area (Å²) >= 11 is 0. The van der Waals surface area contributed by atoms with Gasteiger partial charge < -0.3 is 20.7 Å². The maximum Gasteiger partial charge on any atom is 0.317 e. The molecule has 6 nitrogen and oxygen atoms in total. The van der Waals surface area contributed by atoms with Crippen molar-refractivity contribution in [1.82, 2.24) is 10.2 Å². The molecule has 1 fully saturated rings. The minimum atomic E-state index is -0.799. The Morgan fingerprint density at radius 2 is 2.22 bits per heavy atom. The predicted octanol–water partition coefficient (Wildman–Crippen LogP) is 1.25. The zero-order valence-corrected chi connectivity index (χ0v) is 12.7. The second kappa shape index (κ2) is 7.26. The van der Waals surface area contributed by atoms with Crippen molar-refractivity contribution in [1.29, 1.82) is 0 Å². The summed E-state index contributed by atoms with van der Waals surface area (Å²) in [5.74, 6) is -2.30. The molecule has 3 amide bonds. The monoisotopic (exact) mass is 327 g/mol. The predicted molar refractivity (Wildman–Crippen MR) is 78.7 cm³/mol. The lowest BCUT2D eigenvalue weighted by Gasteiger charge is -2.21. The summed E-state index contributed by atoms with van der Waals surface area (Å²) in [5.41, 5.74) is 5.22. The molecule has 0 aromatic heterocycles. The Bertz CT molecular complexity index is 597. The molecule has 8 heteroatoms. The first-order valence-electron chi connectivity index (χ1n) is 7.29. The number of carbonyl (C=O) groups is 2. The lowest BCUT2D eigenvalue weighted by atomic mass is 10.1. The number of ether oxygens (including phenoxy) is 1. The van der Waals surface area contributed by atoms with Gasteiger partial charge in [-0.05, 0) is 25.5 Å². The Kier molecular flexibility index (Phi) is 5.36. The van der Waals surface area contributed by atoms with Gasteiger partial charge in [-0.15, -0.1) is 0 Å². The number of carbonyl (C=O) groups excluding carboxylic acids is 2. The molecule has 2 atom stereocenters. The number of likely N-dealkylation sites (tertiary alicyclic amines) is 1. The highest BCUT2D eigenvalue weighted by molar-refractivity contribution is 5.80. The molecule has 1 aromatic rings. The molecule has 1 aliphatic rings. The molecule has 1 aromatic carbocycles. The van der Waals surface area contributed by atoms with E-state index in [2.05, 4.69) is 5.32 Å². The van der Waals surface area contributed by atoms with Crippen LogP contribution in [-0.4, -0.2) is 42.6 Å². The van der Waals surface area contributed by atoms with Crippen LogP contribution in [0.25, 0.3) is 0 Å². The minimum absolute atomic E-state index is 0.0291.